The van der Waals surface area contributed by atoms with Gasteiger partial charge in [-0.3, -0.25) is 0 Å². The van der Waals surface area contributed by atoms with Crippen molar-refractivity contribution >= 4 is 50.2 Å². The highest BCUT2D eigenvalue weighted by Crippen LogP contribution is 2.51. The first kappa shape index (κ1) is 35.1. The third-order valence-electron chi connectivity index (χ3n) is 13.7. The molecule has 1 unspecified atom stereocenters. The molecule has 290 valence electrons. The van der Waals surface area contributed by atoms with Gasteiger partial charge in [-0.1, -0.05) is 135 Å². The van der Waals surface area contributed by atoms with Gasteiger partial charge in [-0.25, -0.2) is 0 Å². The van der Waals surface area contributed by atoms with E-state index < -0.39 is 0 Å². The summed E-state index contributed by atoms with van der Waals surface area (Å²) < 4.78 is 9.00. The van der Waals surface area contributed by atoms with Crippen molar-refractivity contribution in [2.45, 2.75) is 57.3 Å². The number of benzene rings is 6. The molecule has 3 nitrogen and oxygen atoms in total. The van der Waals surface area contributed by atoms with Gasteiger partial charge in [0.15, 0.2) is 0 Å². The number of para-hydroxylation sites is 1. The van der Waals surface area contributed by atoms with Gasteiger partial charge in [-0.15, -0.1) is 0 Å². The van der Waals surface area contributed by atoms with Crippen molar-refractivity contribution in [2.24, 2.45) is 0 Å². The van der Waals surface area contributed by atoms with E-state index in [4.69, 9.17) is 4.42 Å². The van der Waals surface area contributed by atoms with E-state index in [0.717, 1.165) is 43.4 Å². The molecule has 0 saturated carbocycles. The van der Waals surface area contributed by atoms with E-state index >= 15 is 0 Å². The Kier molecular flexibility index (Phi) is 7.97. The van der Waals surface area contributed by atoms with Gasteiger partial charge in [0.1, 0.15) is 11.3 Å². The third kappa shape index (κ3) is 5.49. The lowest BCUT2D eigenvalue weighted by Gasteiger charge is -2.33. The second-order valence-corrected chi connectivity index (χ2v) is 17.5. The quantitative estimate of drug-likeness (QED) is 0.168. The zero-order valence-corrected chi connectivity index (χ0v) is 34.2. The van der Waals surface area contributed by atoms with Crippen LogP contribution in [0.2, 0.25) is 0 Å². The lowest BCUT2D eigenvalue weighted by molar-refractivity contribution is 0.546. The number of furan rings is 1. The second-order valence-electron chi connectivity index (χ2n) is 17.5. The van der Waals surface area contributed by atoms with Gasteiger partial charge < -0.3 is 13.9 Å². The molecule has 2 aromatic heterocycles. The lowest BCUT2D eigenvalue weighted by Crippen LogP contribution is -2.24. The molecule has 0 N–H and O–H groups in total. The van der Waals surface area contributed by atoms with Crippen molar-refractivity contribution in [3.05, 3.63) is 209 Å². The number of anilines is 1. The number of hydrogen-bond acceptors (Lipinski definition) is 2. The normalized spacial score (nSPS) is 17.6. The molecule has 0 radical (unpaired) electrons. The van der Waals surface area contributed by atoms with E-state index in [9.17, 15) is 0 Å². The van der Waals surface area contributed by atoms with Gasteiger partial charge in [0, 0.05) is 68.3 Å². The number of rotatable bonds is 6. The van der Waals surface area contributed by atoms with Crippen LogP contribution in [0, 0.1) is 0 Å². The van der Waals surface area contributed by atoms with Crippen LogP contribution in [0.3, 0.4) is 0 Å². The maximum atomic E-state index is 6.51. The molecule has 8 aromatic rings. The van der Waals surface area contributed by atoms with Crippen molar-refractivity contribution in [1.29, 1.82) is 0 Å². The Balaban J connectivity index is 0.961. The molecule has 60 heavy (non-hydrogen) atoms. The number of hydrogen-bond donors (Lipinski definition) is 0. The van der Waals surface area contributed by atoms with Crippen LogP contribution >= 0.6 is 0 Å². The zero-order valence-electron chi connectivity index (χ0n) is 34.2. The maximum Gasteiger partial charge on any atom is 0.137 e. The van der Waals surface area contributed by atoms with E-state index in [1.54, 1.807) is 0 Å². The van der Waals surface area contributed by atoms with Gasteiger partial charge in [-0.05, 0) is 113 Å². The van der Waals surface area contributed by atoms with Crippen molar-refractivity contribution in [2.75, 3.05) is 4.90 Å². The summed E-state index contributed by atoms with van der Waals surface area (Å²) in [5, 5.41) is 3.78. The zero-order chi connectivity index (χ0) is 40.0. The van der Waals surface area contributed by atoms with Crippen LogP contribution < -0.4 is 4.90 Å². The molecule has 3 heteroatoms. The molecule has 1 atom stereocenters. The second kappa shape index (κ2) is 13.6. The van der Waals surface area contributed by atoms with Crippen molar-refractivity contribution in [3.63, 3.8) is 0 Å². The summed E-state index contributed by atoms with van der Waals surface area (Å²) in [6.07, 6.45) is 21.3. The van der Waals surface area contributed by atoms with Crippen molar-refractivity contribution < 1.29 is 4.42 Å². The van der Waals surface area contributed by atoms with Crippen LogP contribution in [0.4, 0.5) is 5.69 Å². The molecule has 4 aliphatic rings. The topological polar surface area (TPSA) is 21.3 Å². The molecule has 4 aliphatic carbocycles. The largest absolute Gasteiger partial charge is 0.460 e. The SMILES string of the molecule is CC1(C)c2cc(-c3ccccc3)ccc2-c2ccc(N(C3=CCC(c4ccccc4)C=C3)C3=CC=C(n4c5ccccc5c5cc6c7c(oc6cc54)CCC=C7)CC3)cc21. The fourth-order valence-corrected chi connectivity index (χ4v) is 10.6. The van der Waals surface area contributed by atoms with Crippen LogP contribution in [0.15, 0.2) is 186 Å². The van der Waals surface area contributed by atoms with Crippen LogP contribution in [0.5, 0.6) is 0 Å². The molecule has 12 rings (SSSR count). The standard InChI is InChI=1S/C57H46N2O/c1-57(2)51-33-40(38-15-7-4-8-16-38)23-31-45(51)46-32-30-44(34-52(46)57)58(41-24-21-39(22-25-41)37-13-5-3-6-14-37)42-26-28-43(29-27-42)59-53-19-11-9-17-47(53)49-35-50-48-18-10-12-20-55(48)60-56(50)36-54(49)59/h3-11,13-19,21,23-26,28,30-36,39H,12,20,22,27,29H2,1-2H3. The van der Waals surface area contributed by atoms with E-state index in [1.807, 2.05) is 0 Å². The first-order valence-corrected chi connectivity index (χ1v) is 21.6. The number of aryl methyl sites for hydroxylation is 1. The summed E-state index contributed by atoms with van der Waals surface area (Å²) in [5.41, 5.74) is 18.9. The minimum Gasteiger partial charge on any atom is -0.460 e. The number of nitrogens with zero attached hydrogens (tertiary/aromatic N) is 2. The van der Waals surface area contributed by atoms with Crippen LogP contribution in [0.1, 0.15) is 73.5 Å². The highest BCUT2D eigenvalue weighted by molar-refractivity contribution is 6.14. The fraction of sp³-hybridized carbons (Fsp3) is 0.158. The van der Waals surface area contributed by atoms with Crippen LogP contribution in [-0.4, -0.2) is 4.57 Å². The summed E-state index contributed by atoms with van der Waals surface area (Å²) in [5.74, 6) is 1.48. The predicted octanol–water partition coefficient (Wildman–Crippen LogP) is 15.1. The Labute approximate surface area is 351 Å². The Morgan fingerprint density at radius 3 is 2.23 bits per heavy atom. The van der Waals surface area contributed by atoms with Gasteiger partial charge in [0.05, 0.1) is 11.0 Å². The molecule has 0 spiro atoms. The van der Waals surface area contributed by atoms with Crippen molar-refractivity contribution in [1.82, 2.24) is 4.57 Å². The number of fused-ring (bicyclic) bond motifs is 9. The van der Waals surface area contributed by atoms with E-state index in [2.05, 4.69) is 199 Å². The molecule has 0 bridgehead atoms. The lowest BCUT2D eigenvalue weighted by atomic mass is 9.81. The average molecular weight is 775 g/mol. The molecular weight excluding hydrogens is 729 g/mol. The Bertz CT molecular complexity index is 3200. The molecule has 0 saturated heterocycles. The van der Waals surface area contributed by atoms with E-state index in [1.165, 1.54) is 94.5 Å². The Morgan fingerprint density at radius 2 is 1.43 bits per heavy atom. The van der Waals surface area contributed by atoms with Gasteiger partial charge in [0.25, 0.3) is 0 Å². The average Bonchev–Trinajstić information content (AvgIpc) is 3.91. The minimum atomic E-state index is -0.147. The molecule has 6 aromatic carbocycles. The van der Waals surface area contributed by atoms with E-state index in [0.29, 0.717) is 5.92 Å². The summed E-state index contributed by atoms with van der Waals surface area (Å²) in [7, 11) is 0. The first-order chi connectivity index (χ1) is 29.5. The highest BCUT2D eigenvalue weighted by Gasteiger charge is 2.37. The highest BCUT2D eigenvalue weighted by atomic mass is 16.3. The monoisotopic (exact) mass is 774 g/mol. The first-order valence-electron chi connectivity index (χ1n) is 21.6. The van der Waals surface area contributed by atoms with Crippen LogP contribution in [-0.2, 0) is 11.8 Å². The van der Waals surface area contributed by atoms with Gasteiger partial charge in [0.2, 0.25) is 0 Å². The third-order valence-corrected chi connectivity index (χ3v) is 13.7. The van der Waals surface area contributed by atoms with Gasteiger partial charge >= 0.3 is 0 Å². The van der Waals surface area contributed by atoms with Crippen LogP contribution in [0.25, 0.3) is 66.8 Å². The Morgan fingerprint density at radius 1 is 0.650 bits per heavy atom. The smallest absolute Gasteiger partial charge is 0.137 e. The molecule has 0 aliphatic heterocycles. The molecule has 0 fully saturated rings. The van der Waals surface area contributed by atoms with Gasteiger partial charge in [-0.2, -0.15) is 0 Å². The van der Waals surface area contributed by atoms with E-state index in [-0.39, 0.29) is 5.41 Å². The fourth-order valence-electron chi connectivity index (χ4n) is 10.6. The number of allylic oxidation sites excluding steroid dienone is 8. The molecular formula is C57H46N2O. The minimum absolute atomic E-state index is 0.147. The molecule has 2 heterocycles. The van der Waals surface area contributed by atoms with Crippen molar-refractivity contribution in [3.8, 4) is 22.3 Å². The summed E-state index contributed by atoms with van der Waals surface area (Å²) in [4.78, 5) is 2.54. The Hall–Kier alpha value is -6.84. The molecule has 0 amide bonds. The maximum absolute atomic E-state index is 6.51. The summed E-state index contributed by atoms with van der Waals surface area (Å²) in [6.45, 7) is 4.79. The number of aromatic nitrogens is 1. The summed E-state index contributed by atoms with van der Waals surface area (Å²) in [6, 6.07) is 49.5. The summed E-state index contributed by atoms with van der Waals surface area (Å²) >= 11 is 0. The predicted molar refractivity (Wildman–Crippen MR) is 251 cm³/mol.